The Morgan fingerprint density at radius 3 is 1.61 bits per heavy atom. The highest BCUT2D eigenvalue weighted by Crippen LogP contribution is 2.36. The van der Waals surface area contributed by atoms with Crippen molar-refractivity contribution in [1.82, 2.24) is 5.32 Å². The summed E-state index contributed by atoms with van der Waals surface area (Å²) in [5.41, 5.74) is -0.232. The van der Waals surface area contributed by atoms with Crippen LogP contribution in [0.4, 0.5) is 0 Å². The number of carbonyl (C=O) groups is 1. The van der Waals surface area contributed by atoms with Gasteiger partial charge in [0.2, 0.25) is 5.91 Å². The first-order valence-corrected chi connectivity index (χ1v) is 8.67. The predicted octanol–water partition coefficient (Wildman–Crippen LogP) is 3.24. The van der Waals surface area contributed by atoms with E-state index in [9.17, 15) is 4.79 Å². The van der Waals surface area contributed by atoms with Gasteiger partial charge in [-0.2, -0.15) is 37.9 Å². The van der Waals surface area contributed by atoms with Crippen molar-refractivity contribution in [2.75, 3.05) is 23.8 Å². The van der Waals surface area contributed by atoms with Crippen molar-refractivity contribution >= 4 is 43.8 Å². The molecule has 0 spiro atoms. The molecule has 0 heterocycles. The summed E-state index contributed by atoms with van der Waals surface area (Å²) in [6, 6.07) is 0. The summed E-state index contributed by atoms with van der Waals surface area (Å²) in [5, 5.41) is 3.00. The third kappa shape index (κ3) is 6.62. The minimum Gasteiger partial charge on any atom is -0.356 e. The highest BCUT2D eigenvalue weighted by Gasteiger charge is 2.35. The maximum atomic E-state index is 12.4. The van der Waals surface area contributed by atoms with E-state index in [0.29, 0.717) is 6.54 Å². The van der Waals surface area contributed by atoms with Gasteiger partial charge in [0, 0.05) is 12.0 Å². The van der Waals surface area contributed by atoms with E-state index >= 15 is 0 Å². The summed E-state index contributed by atoms with van der Waals surface area (Å²) in [4.78, 5) is 12.4. The van der Waals surface area contributed by atoms with Crippen LogP contribution in [0.5, 0.6) is 0 Å². The molecule has 5 heteroatoms. The third-order valence-electron chi connectivity index (χ3n) is 3.26. The van der Waals surface area contributed by atoms with Crippen molar-refractivity contribution in [1.29, 1.82) is 0 Å². The molecule has 0 saturated carbocycles. The first-order chi connectivity index (χ1) is 8.66. The Kier molecular flexibility index (Phi) is 11.7. The number of hydrogen-bond acceptors (Lipinski definition) is 4. The van der Waals surface area contributed by atoms with Gasteiger partial charge in [-0.05, 0) is 62.7 Å². The Balaban J connectivity index is 4.78. The van der Waals surface area contributed by atoms with Crippen LogP contribution in [0.3, 0.4) is 0 Å². The number of thiol groups is 3. The van der Waals surface area contributed by atoms with Crippen LogP contribution >= 0.6 is 37.9 Å². The SMILES string of the molecule is CCNC(=O)C(CCCS)(CCCS)CCCS. The van der Waals surface area contributed by atoms with Crippen LogP contribution in [0.1, 0.15) is 45.4 Å². The van der Waals surface area contributed by atoms with Crippen molar-refractivity contribution in [3.05, 3.63) is 0 Å². The summed E-state index contributed by atoms with van der Waals surface area (Å²) in [5.74, 6) is 2.71. The van der Waals surface area contributed by atoms with Gasteiger partial charge in [0.15, 0.2) is 0 Å². The fourth-order valence-corrected chi connectivity index (χ4v) is 2.79. The van der Waals surface area contributed by atoms with Crippen molar-refractivity contribution in [2.45, 2.75) is 45.4 Å². The van der Waals surface area contributed by atoms with Crippen LogP contribution in [-0.2, 0) is 4.79 Å². The largest absolute Gasteiger partial charge is 0.356 e. The molecule has 2 nitrogen and oxygen atoms in total. The van der Waals surface area contributed by atoms with Crippen molar-refractivity contribution in [3.63, 3.8) is 0 Å². The van der Waals surface area contributed by atoms with Crippen LogP contribution in [0.15, 0.2) is 0 Å². The molecule has 1 amide bonds. The Morgan fingerprint density at radius 2 is 1.33 bits per heavy atom. The maximum Gasteiger partial charge on any atom is 0.226 e. The van der Waals surface area contributed by atoms with Crippen molar-refractivity contribution < 1.29 is 4.79 Å². The maximum absolute atomic E-state index is 12.4. The van der Waals surface area contributed by atoms with E-state index in [1.807, 2.05) is 6.92 Å². The van der Waals surface area contributed by atoms with Gasteiger partial charge in [-0.1, -0.05) is 0 Å². The molecule has 0 aliphatic rings. The van der Waals surface area contributed by atoms with E-state index < -0.39 is 0 Å². The number of rotatable bonds is 11. The molecule has 0 fully saturated rings. The van der Waals surface area contributed by atoms with Crippen molar-refractivity contribution in [3.8, 4) is 0 Å². The second-order valence-electron chi connectivity index (χ2n) is 4.62. The normalized spacial score (nSPS) is 11.6. The first-order valence-electron chi connectivity index (χ1n) is 6.77. The van der Waals surface area contributed by atoms with E-state index in [1.54, 1.807) is 0 Å². The second kappa shape index (κ2) is 11.4. The van der Waals surface area contributed by atoms with Crippen LogP contribution in [0.25, 0.3) is 0 Å². The van der Waals surface area contributed by atoms with E-state index in [2.05, 4.69) is 43.2 Å². The Hall–Kier alpha value is 0.520. The summed E-state index contributed by atoms with van der Waals surface area (Å²) in [6.45, 7) is 2.67. The van der Waals surface area contributed by atoms with Crippen LogP contribution < -0.4 is 5.32 Å². The molecule has 0 atom stereocenters. The standard InChI is InChI=1S/C13H27NOS3/c1-2-14-12(15)13(6-3-9-16,7-4-10-17)8-5-11-18/h16-18H,2-11H2,1H3,(H,14,15). The highest BCUT2D eigenvalue weighted by atomic mass is 32.1. The van der Waals surface area contributed by atoms with E-state index in [4.69, 9.17) is 0 Å². The molecule has 0 aromatic heterocycles. The topological polar surface area (TPSA) is 29.1 Å². The van der Waals surface area contributed by atoms with Crippen LogP contribution in [-0.4, -0.2) is 29.7 Å². The zero-order valence-electron chi connectivity index (χ0n) is 11.3. The first kappa shape index (κ1) is 18.5. The van der Waals surface area contributed by atoms with Crippen LogP contribution in [0.2, 0.25) is 0 Å². The average Bonchev–Trinajstić information content (AvgIpc) is 2.38. The molecule has 0 aromatic carbocycles. The quantitative estimate of drug-likeness (QED) is 0.434. The molecule has 0 aromatic rings. The molecule has 108 valence electrons. The number of hydrogen-bond donors (Lipinski definition) is 4. The lowest BCUT2D eigenvalue weighted by Crippen LogP contribution is -2.41. The van der Waals surface area contributed by atoms with Gasteiger partial charge in [-0.15, -0.1) is 0 Å². The lowest BCUT2D eigenvalue weighted by Gasteiger charge is -2.32. The molecule has 18 heavy (non-hydrogen) atoms. The van der Waals surface area contributed by atoms with Gasteiger partial charge in [-0.3, -0.25) is 4.79 Å². The molecule has 0 aliphatic carbocycles. The average molecular weight is 310 g/mol. The molecule has 0 aliphatic heterocycles. The molecule has 0 saturated heterocycles. The fraction of sp³-hybridized carbons (Fsp3) is 0.923. The minimum absolute atomic E-state index is 0.204. The Bertz CT molecular complexity index is 203. The van der Waals surface area contributed by atoms with E-state index in [-0.39, 0.29) is 11.3 Å². The zero-order valence-corrected chi connectivity index (χ0v) is 14.0. The number of nitrogens with one attached hydrogen (secondary N) is 1. The minimum atomic E-state index is -0.232. The lowest BCUT2D eigenvalue weighted by atomic mass is 9.74. The summed E-state index contributed by atoms with van der Waals surface area (Å²) in [6.07, 6.45) is 5.72. The van der Waals surface area contributed by atoms with Gasteiger partial charge in [0.25, 0.3) is 0 Å². The summed E-state index contributed by atoms with van der Waals surface area (Å²) >= 11 is 12.8. The number of amides is 1. The molecular formula is C13H27NOS3. The zero-order chi connectivity index (χ0) is 13.9. The van der Waals surface area contributed by atoms with Crippen molar-refractivity contribution in [2.24, 2.45) is 5.41 Å². The summed E-state index contributed by atoms with van der Waals surface area (Å²) in [7, 11) is 0. The smallest absolute Gasteiger partial charge is 0.226 e. The molecule has 0 bridgehead atoms. The fourth-order valence-electron chi connectivity index (χ4n) is 2.32. The predicted molar refractivity (Wildman–Crippen MR) is 90.4 cm³/mol. The third-order valence-corrected chi connectivity index (χ3v) is 4.21. The van der Waals surface area contributed by atoms with E-state index in [1.165, 1.54) is 0 Å². The molecule has 0 unspecified atom stereocenters. The van der Waals surface area contributed by atoms with Gasteiger partial charge in [-0.25, -0.2) is 0 Å². The van der Waals surface area contributed by atoms with Gasteiger partial charge in [0.05, 0.1) is 0 Å². The second-order valence-corrected chi connectivity index (χ2v) is 5.96. The Labute approximate surface area is 128 Å². The summed E-state index contributed by atoms with van der Waals surface area (Å²) < 4.78 is 0. The molecular weight excluding hydrogens is 282 g/mol. The monoisotopic (exact) mass is 309 g/mol. The molecule has 1 N–H and O–H groups in total. The number of carbonyl (C=O) groups excluding carboxylic acids is 1. The molecule has 0 radical (unpaired) electrons. The Morgan fingerprint density at radius 1 is 0.944 bits per heavy atom. The van der Waals surface area contributed by atoms with Gasteiger partial charge in [0.1, 0.15) is 0 Å². The highest BCUT2D eigenvalue weighted by molar-refractivity contribution is 7.80. The molecule has 0 rings (SSSR count). The lowest BCUT2D eigenvalue weighted by molar-refractivity contribution is -0.132. The van der Waals surface area contributed by atoms with E-state index in [0.717, 1.165) is 55.8 Å². The van der Waals surface area contributed by atoms with Gasteiger partial charge < -0.3 is 5.32 Å². The van der Waals surface area contributed by atoms with Crippen LogP contribution in [0, 0.1) is 5.41 Å². The van der Waals surface area contributed by atoms with Gasteiger partial charge >= 0.3 is 0 Å².